The molecule has 0 saturated heterocycles. The first kappa shape index (κ1) is 15.6. The molecule has 5 nitrogen and oxygen atoms in total. The van der Waals surface area contributed by atoms with Crippen molar-refractivity contribution in [2.75, 3.05) is 0 Å². The van der Waals surface area contributed by atoms with Crippen LogP contribution >= 0.6 is 0 Å². The smallest absolute Gasteiger partial charge is 0.347 e. The fourth-order valence-electron chi connectivity index (χ4n) is 3.02. The number of fused-ring (bicyclic) bond motifs is 1. The third kappa shape index (κ3) is 2.93. The molecule has 0 atom stereocenters. The molecule has 0 spiro atoms. The number of hydrogen-bond acceptors (Lipinski definition) is 3. The molecule has 0 unspecified atom stereocenters. The highest BCUT2D eigenvalue weighted by Gasteiger charge is 2.24. The molecule has 1 aliphatic carbocycles. The van der Waals surface area contributed by atoms with Gasteiger partial charge in [-0.3, -0.25) is 9.36 Å². The Morgan fingerprint density at radius 1 is 1.20 bits per heavy atom. The van der Waals surface area contributed by atoms with Crippen LogP contribution in [0.5, 0.6) is 0 Å². The summed E-state index contributed by atoms with van der Waals surface area (Å²) in [4.78, 5) is 27.9. The van der Waals surface area contributed by atoms with Crippen molar-refractivity contribution >= 4 is 16.8 Å². The van der Waals surface area contributed by atoms with E-state index in [0.29, 0.717) is 11.6 Å². The summed E-state index contributed by atoms with van der Waals surface area (Å²) in [6.45, 7) is 2.03. The lowest BCUT2D eigenvalue weighted by atomic mass is 9.97. The van der Waals surface area contributed by atoms with Crippen molar-refractivity contribution in [3.8, 4) is 11.1 Å². The van der Waals surface area contributed by atoms with E-state index in [9.17, 15) is 9.59 Å². The van der Waals surface area contributed by atoms with Crippen LogP contribution in [0.1, 0.15) is 28.8 Å². The molecule has 1 aromatic heterocycles. The van der Waals surface area contributed by atoms with E-state index in [1.807, 2.05) is 43.3 Å². The lowest BCUT2D eigenvalue weighted by Gasteiger charge is -2.11. The van der Waals surface area contributed by atoms with Crippen LogP contribution in [0.25, 0.3) is 22.0 Å². The van der Waals surface area contributed by atoms with Crippen LogP contribution in [0.2, 0.25) is 0 Å². The second kappa shape index (κ2) is 5.84. The summed E-state index contributed by atoms with van der Waals surface area (Å²) in [5.41, 5.74) is 4.36. The van der Waals surface area contributed by atoms with Crippen molar-refractivity contribution in [2.45, 2.75) is 25.8 Å². The van der Waals surface area contributed by atoms with Crippen LogP contribution in [0.3, 0.4) is 0 Å². The first-order valence-corrected chi connectivity index (χ1v) is 8.40. The monoisotopic (exact) mass is 333 g/mol. The molecule has 1 amide bonds. The van der Waals surface area contributed by atoms with Crippen LogP contribution in [0, 0.1) is 6.92 Å². The zero-order valence-corrected chi connectivity index (χ0v) is 14.2. The van der Waals surface area contributed by atoms with E-state index in [0.717, 1.165) is 40.4 Å². The number of nitrogens with one attached hydrogen (secondary N) is 1. The van der Waals surface area contributed by atoms with E-state index in [-0.39, 0.29) is 11.6 Å². The van der Waals surface area contributed by atoms with Gasteiger partial charge in [-0.15, -0.1) is 0 Å². The van der Waals surface area contributed by atoms with Crippen LogP contribution in [0.15, 0.2) is 47.4 Å². The molecule has 0 bridgehead atoms. The minimum absolute atomic E-state index is 0.0198. The molecule has 1 saturated carbocycles. The molecular weight excluding hydrogens is 314 g/mol. The standard InChI is InChI=1S/C20H19N3O2/c1-12-3-4-14(19(24)22-16-6-7-16)10-17(12)13-5-8-18-15(9-13)11-21-20(25)23(18)2/h3-5,8-11,16H,6-7H2,1-2H3,(H,22,24). The molecule has 1 N–H and O–H groups in total. The molecule has 3 aromatic rings. The van der Waals surface area contributed by atoms with Crippen molar-refractivity contribution in [1.29, 1.82) is 0 Å². The zero-order valence-electron chi connectivity index (χ0n) is 14.2. The number of carbonyl (C=O) groups excluding carboxylic acids is 1. The highest BCUT2D eigenvalue weighted by Crippen LogP contribution is 2.28. The molecule has 4 rings (SSSR count). The average Bonchev–Trinajstić information content (AvgIpc) is 3.42. The van der Waals surface area contributed by atoms with Crippen LogP contribution < -0.4 is 11.0 Å². The van der Waals surface area contributed by atoms with Crippen molar-refractivity contribution in [1.82, 2.24) is 14.9 Å². The summed E-state index contributed by atoms with van der Waals surface area (Å²) < 4.78 is 1.53. The maximum Gasteiger partial charge on any atom is 0.347 e. The number of nitrogens with zero attached hydrogens (tertiary/aromatic N) is 2. The highest BCUT2D eigenvalue weighted by molar-refractivity contribution is 5.96. The molecular formula is C20H19N3O2. The van der Waals surface area contributed by atoms with E-state index in [1.54, 1.807) is 13.2 Å². The van der Waals surface area contributed by atoms with Gasteiger partial charge in [-0.2, -0.15) is 0 Å². The van der Waals surface area contributed by atoms with E-state index < -0.39 is 0 Å². The lowest BCUT2D eigenvalue weighted by molar-refractivity contribution is 0.0951. The second-order valence-corrected chi connectivity index (χ2v) is 6.65. The minimum atomic E-state index is -0.268. The lowest BCUT2D eigenvalue weighted by Crippen LogP contribution is -2.25. The van der Waals surface area contributed by atoms with Gasteiger partial charge in [0.15, 0.2) is 0 Å². The number of amides is 1. The summed E-state index contributed by atoms with van der Waals surface area (Å²) >= 11 is 0. The van der Waals surface area contributed by atoms with Crippen LogP contribution in [-0.2, 0) is 7.05 Å². The molecule has 1 aliphatic rings. The summed E-state index contributed by atoms with van der Waals surface area (Å²) in [5.74, 6) is -0.0198. The van der Waals surface area contributed by atoms with Gasteiger partial charge >= 0.3 is 5.69 Å². The van der Waals surface area contributed by atoms with Gasteiger partial charge in [-0.1, -0.05) is 12.1 Å². The Hall–Kier alpha value is -2.95. The van der Waals surface area contributed by atoms with Gasteiger partial charge in [0, 0.05) is 30.2 Å². The topological polar surface area (TPSA) is 64.0 Å². The molecule has 25 heavy (non-hydrogen) atoms. The van der Waals surface area contributed by atoms with E-state index >= 15 is 0 Å². The molecule has 126 valence electrons. The Bertz CT molecular complexity index is 1050. The van der Waals surface area contributed by atoms with Crippen LogP contribution in [-0.4, -0.2) is 21.5 Å². The zero-order chi connectivity index (χ0) is 17.6. The van der Waals surface area contributed by atoms with Crippen molar-refractivity contribution in [3.05, 3.63) is 64.2 Å². The molecule has 2 aromatic carbocycles. The number of benzene rings is 2. The number of carbonyl (C=O) groups is 1. The molecule has 5 heteroatoms. The van der Waals surface area contributed by atoms with Crippen LogP contribution in [0.4, 0.5) is 0 Å². The molecule has 0 aliphatic heterocycles. The maximum absolute atomic E-state index is 12.3. The van der Waals surface area contributed by atoms with Gasteiger partial charge in [0.25, 0.3) is 5.91 Å². The average molecular weight is 333 g/mol. The van der Waals surface area contributed by atoms with Gasteiger partial charge in [0.05, 0.1) is 5.52 Å². The minimum Gasteiger partial charge on any atom is -0.349 e. The quantitative estimate of drug-likeness (QED) is 0.801. The summed E-state index contributed by atoms with van der Waals surface area (Å²) in [6.07, 6.45) is 3.74. The second-order valence-electron chi connectivity index (χ2n) is 6.65. The van der Waals surface area contributed by atoms with E-state index in [4.69, 9.17) is 0 Å². The normalized spacial score (nSPS) is 13.8. The van der Waals surface area contributed by atoms with Gasteiger partial charge in [0.1, 0.15) is 0 Å². The Morgan fingerprint density at radius 2 is 2.00 bits per heavy atom. The number of rotatable bonds is 3. The fourth-order valence-corrected chi connectivity index (χ4v) is 3.02. The number of hydrogen-bond donors (Lipinski definition) is 1. The SMILES string of the molecule is Cc1ccc(C(=O)NC2CC2)cc1-c1ccc2c(cnc(=O)n2C)c1. The molecule has 0 radical (unpaired) electrons. The third-order valence-corrected chi connectivity index (χ3v) is 4.71. The highest BCUT2D eigenvalue weighted by atomic mass is 16.2. The molecule has 1 heterocycles. The molecule has 1 fully saturated rings. The third-order valence-electron chi connectivity index (χ3n) is 4.71. The Labute approximate surface area is 145 Å². The Kier molecular flexibility index (Phi) is 3.64. The van der Waals surface area contributed by atoms with Gasteiger partial charge < -0.3 is 5.32 Å². The van der Waals surface area contributed by atoms with Crippen molar-refractivity contribution < 1.29 is 4.79 Å². The fraction of sp³-hybridized carbons (Fsp3) is 0.250. The summed E-state index contributed by atoms with van der Waals surface area (Å²) in [5, 5.41) is 3.92. The van der Waals surface area contributed by atoms with Gasteiger partial charge in [-0.05, 0) is 60.7 Å². The largest absolute Gasteiger partial charge is 0.349 e. The maximum atomic E-state index is 12.3. The van der Waals surface area contributed by atoms with Gasteiger partial charge in [-0.25, -0.2) is 9.78 Å². The van der Waals surface area contributed by atoms with E-state index in [1.165, 1.54) is 4.57 Å². The first-order valence-electron chi connectivity index (χ1n) is 8.40. The predicted octanol–water partition coefficient (Wildman–Crippen LogP) is 2.80. The number of aromatic nitrogens is 2. The first-order chi connectivity index (χ1) is 12.0. The number of aryl methyl sites for hydroxylation is 2. The Morgan fingerprint density at radius 3 is 2.76 bits per heavy atom. The van der Waals surface area contributed by atoms with Crippen molar-refractivity contribution in [3.63, 3.8) is 0 Å². The van der Waals surface area contributed by atoms with Crippen molar-refractivity contribution in [2.24, 2.45) is 7.05 Å². The summed E-state index contributed by atoms with van der Waals surface area (Å²) in [6, 6.07) is 12.0. The predicted molar refractivity (Wildman–Crippen MR) is 97.6 cm³/mol. The van der Waals surface area contributed by atoms with E-state index in [2.05, 4.69) is 10.3 Å². The Balaban J connectivity index is 1.78. The summed E-state index contributed by atoms with van der Waals surface area (Å²) in [7, 11) is 1.71. The van der Waals surface area contributed by atoms with Gasteiger partial charge in [0.2, 0.25) is 0 Å².